The first kappa shape index (κ1) is 22.7. The number of hydrogen-bond donors (Lipinski definition) is 0. The Bertz CT molecular complexity index is 1880. The van der Waals surface area contributed by atoms with Crippen molar-refractivity contribution in [1.82, 2.24) is 19.1 Å². The first-order chi connectivity index (χ1) is 18.6. The zero-order chi connectivity index (χ0) is 26.0. The van der Waals surface area contributed by atoms with Crippen molar-refractivity contribution in [3.63, 3.8) is 0 Å². The van der Waals surface area contributed by atoms with Gasteiger partial charge >= 0.3 is 0 Å². The van der Waals surface area contributed by atoms with Crippen LogP contribution in [0.15, 0.2) is 85.5 Å². The molecule has 4 heteroatoms. The zero-order valence-corrected chi connectivity index (χ0v) is 22.3. The van der Waals surface area contributed by atoms with Gasteiger partial charge in [-0.25, -0.2) is 0 Å². The summed E-state index contributed by atoms with van der Waals surface area (Å²) in [5, 5.41) is 5.03. The van der Waals surface area contributed by atoms with Crippen LogP contribution in [0.4, 0.5) is 0 Å². The highest BCUT2D eigenvalue weighted by atomic mass is 15.0. The van der Waals surface area contributed by atoms with Gasteiger partial charge in [-0.3, -0.25) is 9.97 Å². The standard InChI is InChI=1S/C34H30N4/c1-5-37-32-10-8-24(18-29(32)30-19-35-14-12-33(30)37)27-16-21(3)26(15-22(27)4)23-7-9-31-28(17-23)25-11-13-36-20-34(25)38(31)6-2/h7-20H,5-6H2,1-4H3. The molecule has 3 aromatic carbocycles. The normalized spacial score (nSPS) is 11.9. The van der Waals surface area contributed by atoms with E-state index in [9.17, 15) is 0 Å². The molecule has 4 heterocycles. The molecule has 0 aliphatic heterocycles. The number of pyridine rings is 2. The van der Waals surface area contributed by atoms with Crippen molar-refractivity contribution in [3.8, 4) is 22.3 Å². The largest absolute Gasteiger partial charge is 0.341 e. The van der Waals surface area contributed by atoms with E-state index >= 15 is 0 Å². The van der Waals surface area contributed by atoms with Crippen LogP contribution in [-0.4, -0.2) is 19.1 Å². The molecule has 0 fully saturated rings. The van der Waals surface area contributed by atoms with Gasteiger partial charge < -0.3 is 9.13 Å². The third-order valence-electron chi connectivity index (χ3n) is 8.16. The predicted molar refractivity (Wildman–Crippen MR) is 160 cm³/mol. The van der Waals surface area contributed by atoms with Crippen LogP contribution in [0.1, 0.15) is 25.0 Å². The molecular formula is C34H30N4. The minimum absolute atomic E-state index is 0.926. The molecule has 38 heavy (non-hydrogen) atoms. The number of aromatic nitrogens is 4. The summed E-state index contributed by atoms with van der Waals surface area (Å²) in [6, 6.07) is 22.7. The number of nitrogens with zero attached hydrogens (tertiary/aromatic N) is 4. The Labute approximate surface area is 222 Å². The lowest BCUT2D eigenvalue weighted by molar-refractivity contribution is 0.825. The van der Waals surface area contributed by atoms with E-state index in [1.807, 2.05) is 24.8 Å². The summed E-state index contributed by atoms with van der Waals surface area (Å²) in [6.45, 7) is 10.7. The number of rotatable bonds is 4. The van der Waals surface area contributed by atoms with Gasteiger partial charge in [0.15, 0.2) is 0 Å². The Balaban J connectivity index is 1.37. The molecule has 0 saturated heterocycles. The minimum Gasteiger partial charge on any atom is -0.341 e. The van der Waals surface area contributed by atoms with Crippen molar-refractivity contribution in [3.05, 3.63) is 96.6 Å². The summed E-state index contributed by atoms with van der Waals surface area (Å²) < 4.78 is 4.73. The Morgan fingerprint density at radius 2 is 1.05 bits per heavy atom. The molecule has 7 rings (SSSR count). The van der Waals surface area contributed by atoms with Gasteiger partial charge in [-0.2, -0.15) is 0 Å². The van der Waals surface area contributed by atoms with Gasteiger partial charge in [-0.15, -0.1) is 0 Å². The maximum atomic E-state index is 4.42. The van der Waals surface area contributed by atoms with Crippen LogP contribution in [0.2, 0.25) is 0 Å². The second-order valence-corrected chi connectivity index (χ2v) is 10.2. The van der Waals surface area contributed by atoms with Gasteiger partial charge in [0.25, 0.3) is 0 Å². The van der Waals surface area contributed by atoms with E-state index in [-0.39, 0.29) is 0 Å². The smallest absolute Gasteiger partial charge is 0.0677 e. The number of aryl methyl sites for hydroxylation is 4. The van der Waals surface area contributed by atoms with Crippen LogP contribution < -0.4 is 0 Å². The molecule has 0 spiro atoms. The molecule has 0 saturated carbocycles. The van der Waals surface area contributed by atoms with Gasteiger partial charge in [0.2, 0.25) is 0 Å². The summed E-state index contributed by atoms with van der Waals surface area (Å²) in [5.41, 5.74) is 12.6. The van der Waals surface area contributed by atoms with Crippen LogP contribution in [0.3, 0.4) is 0 Å². The maximum absolute atomic E-state index is 4.42. The minimum atomic E-state index is 0.926. The van der Waals surface area contributed by atoms with Crippen molar-refractivity contribution in [2.45, 2.75) is 40.8 Å². The van der Waals surface area contributed by atoms with Gasteiger partial charge in [-0.1, -0.05) is 24.3 Å². The summed E-state index contributed by atoms with van der Waals surface area (Å²) in [6.07, 6.45) is 7.75. The fourth-order valence-electron chi connectivity index (χ4n) is 6.35. The van der Waals surface area contributed by atoms with Crippen molar-refractivity contribution in [2.75, 3.05) is 0 Å². The fraction of sp³-hybridized carbons (Fsp3) is 0.176. The summed E-state index contributed by atoms with van der Waals surface area (Å²) in [4.78, 5) is 8.80. The molecule has 0 radical (unpaired) electrons. The number of benzene rings is 3. The fourth-order valence-corrected chi connectivity index (χ4v) is 6.35. The Morgan fingerprint density at radius 3 is 1.68 bits per heavy atom. The molecular weight excluding hydrogens is 464 g/mol. The molecule has 0 amide bonds. The molecule has 0 bridgehead atoms. The van der Waals surface area contributed by atoms with Gasteiger partial charge in [-0.05, 0) is 97.5 Å². The SMILES string of the molecule is CCn1c2ccncc2c2cc(-c3cc(C)c(-c4ccc5c(c4)c4ccncc4n5CC)cc3C)ccc21. The Kier molecular flexibility index (Phi) is 5.12. The van der Waals surface area contributed by atoms with Crippen LogP contribution in [0.5, 0.6) is 0 Å². The molecule has 0 unspecified atom stereocenters. The lowest BCUT2D eigenvalue weighted by atomic mass is 9.91. The third kappa shape index (κ3) is 3.23. The molecule has 0 aliphatic carbocycles. The highest BCUT2D eigenvalue weighted by Gasteiger charge is 2.15. The molecule has 0 aliphatic rings. The van der Waals surface area contributed by atoms with E-state index in [4.69, 9.17) is 0 Å². The van der Waals surface area contributed by atoms with Gasteiger partial charge in [0.1, 0.15) is 0 Å². The van der Waals surface area contributed by atoms with Crippen LogP contribution in [0.25, 0.3) is 65.9 Å². The maximum Gasteiger partial charge on any atom is 0.0677 e. The van der Waals surface area contributed by atoms with E-state index in [2.05, 4.69) is 107 Å². The van der Waals surface area contributed by atoms with E-state index in [0.717, 1.165) is 13.1 Å². The third-order valence-corrected chi connectivity index (χ3v) is 8.16. The van der Waals surface area contributed by atoms with E-state index in [1.54, 1.807) is 0 Å². The van der Waals surface area contributed by atoms with Crippen LogP contribution in [0, 0.1) is 13.8 Å². The van der Waals surface area contributed by atoms with Crippen LogP contribution >= 0.6 is 0 Å². The second kappa shape index (κ2) is 8.56. The molecule has 186 valence electrons. The average Bonchev–Trinajstić information content (AvgIpc) is 3.45. The first-order valence-corrected chi connectivity index (χ1v) is 13.4. The monoisotopic (exact) mass is 494 g/mol. The lowest BCUT2D eigenvalue weighted by Crippen LogP contribution is -1.94. The van der Waals surface area contributed by atoms with Crippen molar-refractivity contribution in [1.29, 1.82) is 0 Å². The average molecular weight is 495 g/mol. The van der Waals surface area contributed by atoms with Gasteiger partial charge in [0, 0.05) is 64.3 Å². The summed E-state index contributed by atoms with van der Waals surface area (Å²) >= 11 is 0. The molecule has 7 aromatic rings. The predicted octanol–water partition coefficient (Wildman–Crippen LogP) is 8.68. The van der Waals surface area contributed by atoms with Crippen molar-refractivity contribution in [2.24, 2.45) is 0 Å². The summed E-state index contributed by atoms with van der Waals surface area (Å²) in [5.74, 6) is 0. The second-order valence-electron chi connectivity index (χ2n) is 10.2. The van der Waals surface area contributed by atoms with Crippen LogP contribution in [-0.2, 0) is 13.1 Å². The Morgan fingerprint density at radius 1 is 0.526 bits per heavy atom. The molecule has 4 aromatic heterocycles. The van der Waals surface area contributed by atoms with Crippen molar-refractivity contribution < 1.29 is 0 Å². The van der Waals surface area contributed by atoms with E-state index in [0.29, 0.717) is 0 Å². The molecule has 4 nitrogen and oxygen atoms in total. The van der Waals surface area contributed by atoms with Gasteiger partial charge in [0.05, 0.1) is 17.2 Å². The van der Waals surface area contributed by atoms with E-state index in [1.165, 1.54) is 77.0 Å². The topological polar surface area (TPSA) is 35.6 Å². The molecule has 0 N–H and O–H groups in total. The van der Waals surface area contributed by atoms with E-state index < -0.39 is 0 Å². The first-order valence-electron chi connectivity index (χ1n) is 13.4. The van der Waals surface area contributed by atoms with Crippen molar-refractivity contribution >= 4 is 43.6 Å². The highest BCUT2D eigenvalue weighted by molar-refractivity contribution is 6.10. The highest BCUT2D eigenvalue weighted by Crippen LogP contribution is 2.38. The zero-order valence-electron chi connectivity index (χ0n) is 22.3. The number of hydrogen-bond acceptors (Lipinski definition) is 2. The Hall–Kier alpha value is -4.44. The summed E-state index contributed by atoms with van der Waals surface area (Å²) in [7, 11) is 0. The quantitative estimate of drug-likeness (QED) is 0.245. The molecule has 0 atom stereocenters. The lowest BCUT2D eigenvalue weighted by Gasteiger charge is -2.14. The number of fused-ring (bicyclic) bond motifs is 6.